The Morgan fingerprint density at radius 2 is 1.93 bits per heavy atom. The van der Waals surface area contributed by atoms with Crippen molar-refractivity contribution in [3.8, 4) is 5.75 Å². The third-order valence-electron chi connectivity index (χ3n) is 10.0. The smallest absolute Gasteiger partial charge is 0.251 e. The van der Waals surface area contributed by atoms with E-state index in [1.165, 1.54) is 11.3 Å². The van der Waals surface area contributed by atoms with Crippen LogP contribution in [0.4, 0.5) is 22.9 Å². The molecule has 1 aromatic heterocycles. The molecule has 41 heavy (non-hydrogen) atoms. The van der Waals surface area contributed by atoms with Gasteiger partial charge in [0.2, 0.25) is 0 Å². The topological polar surface area (TPSA) is 78.4 Å². The predicted molar refractivity (Wildman–Crippen MR) is 164 cm³/mol. The van der Waals surface area contributed by atoms with Crippen molar-refractivity contribution < 1.29 is 9.90 Å². The first-order valence-corrected chi connectivity index (χ1v) is 15.1. The van der Waals surface area contributed by atoms with Crippen molar-refractivity contribution >= 4 is 51.2 Å². The van der Waals surface area contributed by atoms with E-state index in [-0.39, 0.29) is 23.7 Å². The highest BCUT2D eigenvalue weighted by Gasteiger charge is 2.51. The van der Waals surface area contributed by atoms with Gasteiger partial charge in [0, 0.05) is 68.4 Å². The zero-order valence-corrected chi connectivity index (χ0v) is 24.5. The Labute approximate surface area is 245 Å². The Morgan fingerprint density at radius 1 is 1.10 bits per heavy atom. The van der Waals surface area contributed by atoms with Crippen molar-refractivity contribution in [2.24, 2.45) is 0 Å². The second kappa shape index (κ2) is 9.11. The summed E-state index contributed by atoms with van der Waals surface area (Å²) in [6.07, 6.45) is 2.96. The maximum atomic E-state index is 13.9. The number of nitrogens with one attached hydrogen (secondary N) is 1. The molecule has 214 valence electrons. The number of phenols is 1. The summed E-state index contributed by atoms with van der Waals surface area (Å²) < 4.78 is 0. The quantitative estimate of drug-likeness (QED) is 0.495. The van der Waals surface area contributed by atoms with Crippen LogP contribution in [0.15, 0.2) is 30.3 Å². The summed E-state index contributed by atoms with van der Waals surface area (Å²) in [6.45, 7) is 4.02. The average Bonchev–Trinajstić information content (AvgIpc) is 3.29. The fourth-order valence-electron chi connectivity index (χ4n) is 7.78. The van der Waals surface area contributed by atoms with Gasteiger partial charge < -0.3 is 34.9 Å². The first kappa shape index (κ1) is 25.4. The minimum absolute atomic E-state index is 0.168. The Morgan fingerprint density at radius 3 is 2.73 bits per heavy atom. The lowest BCUT2D eigenvalue weighted by Gasteiger charge is -2.51. The Kier molecular flexibility index (Phi) is 5.65. The van der Waals surface area contributed by atoms with Crippen molar-refractivity contribution in [1.82, 2.24) is 15.2 Å². The van der Waals surface area contributed by atoms with Gasteiger partial charge in [-0.15, -0.1) is 0 Å². The third-order valence-corrected chi connectivity index (χ3v) is 10.3. The van der Waals surface area contributed by atoms with Gasteiger partial charge in [-0.2, -0.15) is 0 Å². The van der Waals surface area contributed by atoms with Crippen molar-refractivity contribution in [1.29, 1.82) is 0 Å². The molecule has 5 aliphatic rings. The van der Waals surface area contributed by atoms with Crippen LogP contribution in [-0.4, -0.2) is 92.4 Å². The lowest BCUT2D eigenvalue weighted by atomic mass is 9.92. The number of hydrogen-bond donors (Lipinski definition) is 2. The SMILES string of the molecule is CN1C(=O)C2C3CCC(CN2c2c4c(nc(N5CC(N(C)C)C5)c21)CN(c1cc(O)cc2cccc(Cl)c12)CC4)N3. The second-order valence-electron chi connectivity index (χ2n) is 12.6. The van der Waals surface area contributed by atoms with Crippen LogP contribution in [0.2, 0.25) is 5.02 Å². The monoisotopic (exact) mass is 573 g/mol. The van der Waals surface area contributed by atoms with Gasteiger partial charge in [0.15, 0.2) is 5.82 Å². The highest BCUT2D eigenvalue weighted by molar-refractivity contribution is 6.36. The maximum Gasteiger partial charge on any atom is 0.251 e. The highest BCUT2D eigenvalue weighted by Crippen LogP contribution is 2.50. The van der Waals surface area contributed by atoms with E-state index < -0.39 is 0 Å². The molecule has 2 bridgehead atoms. The second-order valence-corrected chi connectivity index (χ2v) is 13.0. The van der Waals surface area contributed by atoms with Gasteiger partial charge in [0.1, 0.15) is 17.5 Å². The molecule has 0 spiro atoms. The summed E-state index contributed by atoms with van der Waals surface area (Å²) in [5, 5.41) is 16.9. The molecule has 1 amide bonds. The number of hydrogen-bond acceptors (Lipinski definition) is 8. The zero-order chi connectivity index (χ0) is 28.2. The van der Waals surface area contributed by atoms with E-state index in [0.717, 1.165) is 79.1 Å². The zero-order valence-electron chi connectivity index (χ0n) is 23.8. The molecule has 3 atom stereocenters. The largest absolute Gasteiger partial charge is 0.508 e. The maximum absolute atomic E-state index is 13.9. The Bertz CT molecular complexity index is 1590. The molecule has 0 saturated carbocycles. The lowest BCUT2D eigenvalue weighted by molar-refractivity contribution is -0.120. The molecule has 3 aromatic rings. The number of carbonyl (C=O) groups excluding carboxylic acids is 1. The van der Waals surface area contributed by atoms with E-state index in [1.54, 1.807) is 6.07 Å². The Hall–Kier alpha value is -3.27. The Balaban J connectivity index is 1.27. The number of rotatable bonds is 3. The number of piperazine rings is 1. The van der Waals surface area contributed by atoms with Crippen LogP contribution in [-0.2, 0) is 17.8 Å². The predicted octanol–water partition coefficient (Wildman–Crippen LogP) is 3.19. The van der Waals surface area contributed by atoms with Crippen LogP contribution in [0.1, 0.15) is 24.1 Å². The molecule has 2 N–H and O–H groups in total. The van der Waals surface area contributed by atoms with Crippen LogP contribution < -0.4 is 24.9 Å². The van der Waals surface area contributed by atoms with E-state index in [1.807, 2.05) is 36.2 Å². The third kappa shape index (κ3) is 3.75. The number of nitrogens with zero attached hydrogens (tertiary/aromatic N) is 6. The molecular formula is C31H36ClN7O2. The molecule has 2 aromatic carbocycles. The van der Waals surface area contributed by atoms with Crippen molar-refractivity contribution in [3.63, 3.8) is 0 Å². The number of halogens is 1. The number of phenolic OH excluding ortho intramolecular Hbond substituents is 1. The minimum atomic E-state index is -0.177. The molecule has 5 aliphatic heterocycles. The van der Waals surface area contributed by atoms with Crippen LogP contribution >= 0.6 is 11.6 Å². The van der Waals surface area contributed by atoms with Gasteiger partial charge in [-0.3, -0.25) is 4.79 Å². The van der Waals surface area contributed by atoms with E-state index in [0.29, 0.717) is 23.7 Å². The van der Waals surface area contributed by atoms with Gasteiger partial charge in [-0.1, -0.05) is 23.7 Å². The number of fused-ring (bicyclic) bond motifs is 9. The molecular weight excluding hydrogens is 538 g/mol. The highest BCUT2D eigenvalue weighted by atomic mass is 35.5. The first-order valence-electron chi connectivity index (χ1n) is 14.7. The van der Waals surface area contributed by atoms with E-state index >= 15 is 0 Å². The summed E-state index contributed by atoms with van der Waals surface area (Å²) in [5.74, 6) is 1.31. The summed E-state index contributed by atoms with van der Waals surface area (Å²) in [4.78, 5) is 30.5. The number of amides is 1. The van der Waals surface area contributed by atoms with E-state index in [4.69, 9.17) is 16.6 Å². The van der Waals surface area contributed by atoms with Crippen LogP contribution in [0, 0.1) is 0 Å². The molecule has 0 aliphatic carbocycles. The fourth-order valence-corrected chi connectivity index (χ4v) is 8.06. The van der Waals surface area contributed by atoms with Crippen LogP contribution in [0.25, 0.3) is 10.8 Å². The molecule has 6 heterocycles. The number of anilines is 4. The fraction of sp³-hybridized carbons (Fsp3) is 0.484. The molecule has 3 saturated heterocycles. The number of aromatic nitrogens is 1. The van der Waals surface area contributed by atoms with Gasteiger partial charge in [0.25, 0.3) is 5.91 Å². The number of likely N-dealkylation sites (N-methyl/N-ethyl adjacent to an activating group) is 2. The van der Waals surface area contributed by atoms with Crippen LogP contribution in [0.5, 0.6) is 5.75 Å². The standard InChI is InChI=1S/C31H36ClN7O2/c1-35(2)19-14-38(15-19)30-29-27(39-13-18-7-8-23(33-18)28(39)31(41)36(29)3)21-9-10-37(16-24(21)34-30)25-12-20(40)11-17-5-4-6-22(32)26(17)25/h4-6,11-12,18-19,23,28,33,40H,7-10,13-16H2,1-3H3. The van der Waals surface area contributed by atoms with Crippen molar-refractivity contribution in [2.75, 3.05) is 66.9 Å². The number of pyridine rings is 1. The van der Waals surface area contributed by atoms with Gasteiger partial charge in [-0.25, -0.2) is 4.98 Å². The van der Waals surface area contributed by atoms with Gasteiger partial charge in [-0.05, 0) is 50.9 Å². The number of aromatic hydroxyl groups is 1. The van der Waals surface area contributed by atoms with Gasteiger partial charge >= 0.3 is 0 Å². The molecule has 3 unspecified atom stereocenters. The first-order chi connectivity index (χ1) is 19.8. The van der Waals surface area contributed by atoms with Gasteiger partial charge in [0.05, 0.1) is 28.6 Å². The molecule has 9 nitrogen and oxygen atoms in total. The summed E-state index contributed by atoms with van der Waals surface area (Å²) in [6, 6.07) is 10.3. The molecule has 8 rings (SSSR count). The normalized spacial score (nSPS) is 25.5. The number of carbonyl (C=O) groups is 1. The van der Waals surface area contributed by atoms with E-state index in [9.17, 15) is 9.90 Å². The lowest BCUT2D eigenvalue weighted by Crippen LogP contribution is -2.66. The number of benzene rings is 2. The molecule has 0 radical (unpaired) electrons. The molecule has 3 fully saturated rings. The summed E-state index contributed by atoms with van der Waals surface area (Å²) in [5.41, 5.74) is 5.42. The average molecular weight is 574 g/mol. The summed E-state index contributed by atoms with van der Waals surface area (Å²) in [7, 11) is 6.19. The minimum Gasteiger partial charge on any atom is -0.508 e. The van der Waals surface area contributed by atoms with Crippen LogP contribution in [0.3, 0.4) is 0 Å². The molecule has 10 heteroatoms. The summed E-state index contributed by atoms with van der Waals surface area (Å²) >= 11 is 6.72. The van der Waals surface area contributed by atoms with E-state index in [2.05, 4.69) is 39.0 Å². The van der Waals surface area contributed by atoms with Crippen molar-refractivity contribution in [2.45, 2.75) is 50.0 Å². The van der Waals surface area contributed by atoms with Crippen molar-refractivity contribution in [3.05, 3.63) is 46.6 Å².